The number of carbonyl (C=O) groups is 1. The third-order valence-corrected chi connectivity index (χ3v) is 6.87. The molecule has 41 heavy (non-hydrogen) atoms. The van der Waals surface area contributed by atoms with E-state index in [0.717, 1.165) is 47.2 Å². The molecular weight excluding hydrogens is 570 g/mol. The normalized spacial score (nSPS) is 13.9. The highest BCUT2D eigenvalue weighted by Gasteiger charge is 2.30. The van der Waals surface area contributed by atoms with E-state index < -0.39 is 11.7 Å². The number of aromatic nitrogens is 1. The number of amides is 1. The van der Waals surface area contributed by atoms with Crippen LogP contribution >= 0.6 is 24.8 Å². The highest BCUT2D eigenvalue weighted by Crippen LogP contribution is 2.32. The molecule has 4 aromatic rings. The van der Waals surface area contributed by atoms with Crippen molar-refractivity contribution in [1.29, 1.82) is 0 Å². The van der Waals surface area contributed by atoms with Gasteiger partial charge in [-0.05, 0) is 72.4 Å². The Labute approximate surface area is 249 Å². The highest BCUT2D eigenvalue weighted by molar-refractivity contribution is 6.06. The van der Waals surface area contributed by atoms with Crippen molar-refractivity contribution in [3.8, 4) is 0 Å². The zero-order valence-electron chi connectivity index (χ0n) is 22.1. The van der Waals surface area contributed by atoms with Crippen molar-refractivity contribution < 1.29 is 18.0 Å². The Bertz CT molecular complexity index is 1510. The van der Waals surface area contributed by atoms with Crippen molar-refractivity contribution in [2.24, 2.45) is 0 Å². The van der Waals surface area contributed by atoms with E-state index in [1.807, 2.05) is 48.5 Å². The van der Waals surface area contributed by atoms with Crippen LogP contribution in [0.25, 0.3) is 16.3 Å². The second-order valence-corrected chi connectivity index (χ2v) is 9.50. The van der Waals surface area contributed by atoms with Gasteiger partial charge in [0.1, 0.15) is 0 Å². The van der Waals surface area contributed by atoms with Crippen LogP contribution in [0.4, 0.5) is 24.5 Å². The lowest BCUT2D eigenvalue weighted by Crippen LogP contribution is -2.29. The minimum atomic E-state index is -4.41. The fraction of sp³-hybridized carbons (Fsp3) is 0.188. The van der Waals surface area contributed by atoms with Gasteiger partial charge in [0.25, 0.3) is 0 Å². The molecule has 1 saturated heterocycles. The van der Waals surface area contributed by atoms with Gasteiger partial charge >= 0.3 is 6.18 Å². The summed E-state index contributed by atoms with van der Waals surface area (Å²) < 4.78 is 39.5. The topological polar surface area (TPSA) is 45.2 Å². The van der Waals surface area contributed by atoms with Gasteiger partial charge in [0.05, 0.1) is 5.56 Å². The predicted octanol–water partition coefficient (Wildman–Crippen LogP) is 8.71. The lowest BCUT2D eigenvalue weighted by atomic mass is 9.96. The van der Waals surface area contributed by atoms with Gasteiger partial charge in [-0.1, -0.05) is 48.6 Å². The summed E-state index contributed by atoms with van der Waals surface area (Å²) in [4.78, 5) is 19.2. The number of rotatable bonds is 6. The van der Waals surface area contributed by atoms with E-state index in [4.69, 9.17) is 0 Å². The molecule has 5 rings (SSSR count). The number of nitrogens with zero attached hydrogens (tertiary/aromatic N) is 2. The lowest BCUT2D eigenvalue weighted by molar-refractivity contribution is -0.137. The van der Waals surface area contributed by atoms with Crippen LogP contribution in [0.1, 0.15) is 36.0 Å². The highest BCUT2D eigenvalue weighted by atomic mass is 35.5. The number of halogens is 5. The van der Waals surface area contributed by atoms with Crippen molar-refractivity contribution >= 4 is 58.4 Å². The van der Waals surface area contributed by atoms with Gasteiger partial charge in [0, 0.05) is 53.7 Å². The number of hydrogen-bond acceptors (Lipinski definition) is 3. The first-order valence-corrected chi connectivity index (χ1v) is 12.9. The Morgan fingerprint density at radius 1 is 0.854 bits per heavy atom. The van der Waals surface area contributed by atoms with Crippen LogP contribution in [0.2, 0.25) is 0 Å². The van der Waals surface area contributed by atoms with Gasteiger partial charge in [-0.3, -0.25) is 9.78 Å². The molecule has 0 unspecified atom stereocenters. The van der Waals surface area contributed by atoms with E-state index in [0.29, 0.717) is 16.8 Å². The zero-order chi connectivity index (χ0) is 27.2. The number of pyridine rings is 1. The molecule has 0 bridgehead atoms. The first kappa shape index (κ1) is 31.7. The van der Waals surface area contributed by atoms with Crippen LogP contribution in [-0.2, 0) is 11.0 Å². The molecule has 0 spiro atoms. The first-order chi connectivity index (χ1) is 18.9. The Morgan fingerprint density at radius 2 is 1.51 bits per heavy atom. The number of benzene rings is 3. The number of anilines is 2. The van der Waals surface area contributed by atoms with Gasteiger partial charge in [-0.2, -0.15) is 13.2 Å². The Hall–Kier alpha value is -3.81. The van der Waals surface area contributed by atoms with Gasteiger partial charge in [0.2, 0.25) is 5.91 Å². The SMILES string of the molecule is Cl.Cl.O=C(C=CC=C(c1ccc(N2CCCCC2)cc1)c1ccc(C(F)(F)F)cc1)Nc1cccc2cnccc12. The number of allylic oxidation sites excluding steroid dienone is 2. The molecular formula is C32H30Cl2F3N3O. The first-order valence-electron chi connectivity index (χ1n) is 12.9. The monoisotopic (exact) mass is 599 g/mol. The van der Waals surface area contributed by atoms with E-state index in [2.05, 4.69) is 15.2 Å². The molecule has 0 saturated carbocycles. The van der Waals surface area contributed by atoms with E-state index in [-0.39, 0.29) is 30.7 Å². The summed E-state index contributed by atoms with van der Waals surface area (Å²) in [6.07, 6.45) is 7.36. The van der Waals surface area contributed by atoms with Gasteiger partial charge in [-0.25, -0.2) is 0 Å². The smallest absolute Gasteiger partial charge is 0.372 e. The number of carbonyl (C=O) groups excluding carboxylic acids is 1. The summed E-state index contributed by atoms with van der Waals surface area (Å²) >= 11 is 0. The predicted molar refractivity (Wildman–Crippen MR) is 165 cm³/mol. The maximum absolute atomic E-state index is 13.2. The number of hydrogen-bond donors (Lipinski definition) is 1. The molecule has 2 heterocycles. The molecule has 1 aliphatic rings. The van der Waals surface area contributed by atoms with Crippen LogP contribution in [0.5, 0.6) is 0 Å². The summed E-state index contributed by atoms with van der Waals surface area (Å²) in [5.41, 5.74) is 3.29. The summed E-state index contributed by atoms with van der Waals surface area (Å²) in [5.74, 6) is -0.317. The minimum Gasteiger partial charge on any atom is -0.372 e. The molecule has 3 aromatic carbocycles. The zero-order valence-corrected chi connectivity index (χ0v) is 23.7. The molecule has 1 fully saturated rings. The quantitative estimate of drug-likeness (QED) is 0.178. The minimum absolute atomic E-state index is 0. The van der Waals surface area contributed by atoms with Gasteiger partial charge in [-0.15, -0.1) is 24.8 Å². The summed E-state index contributed by atoms with van der Waals surface area (Å²) in [6, 6.07) is 20.6. The Morgan fingerprint density at radius 3 is 2.17 bits per heavy atom. The number of piperidine rings is 1. The third kappa shape index (κ3) is 7.90. The number of fused-ring (bicyclic) bond motifs is 1. The maximum Gasteiger partial charge on any atom is 0.416 e. The summed E-state index contributed by atoms with van der Waals surface area (Å²) in [6.45, 7) is 2.04. The standard InChI is InChI=1S/C32H28F3N3O.2ClH/c33-32(34,35)26-14-10-23(11-15-26)28(24-12-16-27(17-13-24)38-20-2-1-3-21-38)7-5-9-31(39)37-30-8-4-6-25-22-36-19-18-29(25)30;;/h4-19,22H,1-3,20-21H2,(H,37,39);2*1H. The molecule has 4 nitrogen and oxygen atoms in total. The molecule has 1 aliphatic heterocycles. The fourth-order valence-electron chi connectivity index (χ4n) is 4.84. The van der Waals surface area contributed by atoms with Crippen molar-refractivity contribution in [1.82, 2.24) is 4.98 Å². The number of alkyl halides is 3. The lowest BCUT2D eigenvalue weighted by Gasteiger charge is -2.29. The molecule has 0 aliphatic carbocycles. The molecule has 0 atom stereocenters. The van der Waals surface area contributed by atoms with Crippen LogP contribution < -0.4 is 10.2 Å². The Kier molecular flexibility index (Phi) is 11.0. The molecule has 9 heteroatoms. The third-order valence-electron chi connectivity index (χ3n) is 6.87. The second kappa shape index (κ2) is 14.2. The van der Waals surface area contributed by atoms with Crippen LogP contribution in [0.15, 0.2) is 103 Å². The van der Waals surface area contributed by atoms with Crippen LogP contribution in [-0.4, -0.2) is 24.0 Å². The van der Waals surface area contributed by atoms with Crippen molar-refractivity contribution in [3.63, 3.8) is 0 Å². The molecule has 1 aromatic heterocycles. The van der Waals surface area contributed by atoms with Crippen molar-refractivity contribution in [2.75, 3.05) is 23.3 Å². The van der Waals surface area contributed by atoms with Gasteiger partial charge < -0.3 is 10.2 Å². The van der Waals surface area contributed by atoms with E-state index in [1.165, 1.54) is 37.5 Å². The van der Waals surface area contributed by atoms with Gasteiger partial charge in [0.15, 0.2) is 0 Å². The molecule has 0 radical (unpaired) electrons. The Balaban J connectivity index is 0.00000231. The van der Waals surface area contributed by atoms with E-state index >= 15 is 0 Å². The van der Waals surface area contributed by atoms with E-state index in [1.54, 1.807) is 24.5 Å². The summed E-state index contributed by atoms with van der Waals surface area (Å²) in [5, 5.41) is 4.69. The second-order valence-electron chi connectivity index (χ2n) is 9.50. The largest absolute Gasteiger partial charge is 0.416 e. The summed E-state index contributed by atoms with van der Waals surface area (Å²) in [7, 11) is 0. The van der Waals surface area contributed by atoms with Crippen molar-refractivity contribution in [2.45, 2.75) is 25.4 Å². The number of nitrogens with one attached hydrogen (secondary N) is 1. The maximum atomic E-state index is 13.2. The van der Waals surface area contributed by atoms with Crippen LogP contribution in [0.3, 0.4) is 0 Å². The van der Waals surface area contributed by atoms with Crippen LogP contribution in [0, 0.1) is 0 Å². The van der Waals surface area contributed by atoms with Crippen molar-refractivity contribution in [3.05, 3.63) is 120 Å². The van der Waals surface area contributed by atoms with E-state index in [9.17, 15) is 18.0 Å². The average Bonchev–Trinajstić information content (AvgIpc) is 2.96. The fourth-order valence-corrected chi connectivity index (χ4v) is 4.84. The molecule has 214 valence electrons. The average molecular weight is 601 g/mol. The molecule has 1 amide bonds. The molecule has 1 N–H and O–H groups in total.